The van der Waals surface area contributed by atoms with Crippen LogP contribution in [-0.2, 0) is 19.4 Å². The number of carbonyl (C=O) groups is 1. The lowest BCUT2D eigenvalue weighted by Gasteiger charge is -2.01. The molecule has 2 aromatic rings. The maximum Gasteiger partial charge on any atom is 0.261 e. The van der Waals surface area contributed by atoms with Gasteiger partial charge in [0.25, 0.3) is 5.91 Å². The molecule has 2 heterocycles. The summed E-state index contributed by atoms with van der Waals surface area (Å²) in [4.78, 5) is 15.7. The minimum Gasteiger partial charge on any atom is -0.346 e. The van der Waals surface area contributed by atoms with Crippen molar-refractivity contribution in [1.29, 1.82) is 0 Å². The zero-order valence-electron chi connectivity index (χ0n) is 11.1. The zero-order chi connectivity index (χ0) is 13.9. The fraction of sp³-hybridized carbons (Fsp3) is 0.400. The molecule has 2 aromatic heterocycles. The summed E-state index contributed by atoms with van der Waals surface area (Å²) >= 11 is 6.78. The highest BCUT2D eigenvalue weighted by Crippen LogP contribution is 2.29. The number of halogens is 1. The number of aryl methyl sites for hydroxylation is 2. The molecule has 0 radical (unpaired) electrons. The molecule has 106 valence electrons. The van der Waals surface area contributed by atoms with Crippen molar-refractivity contribution in [3.63, 3.8) is 0 Å². The Kier molecular flexibility index (Phi) is 4.58. The standard InChI is InChI=1S/C15H16BrNOS2/c16-14-7-6-11(19-14)9-17-15(18)13-8-10-4-2-1-3-5-12(10)20-13/h6-8H,1-5,9H2,(H,17,18). The number of hydrogen-bond acceptors (Lipinski definition) is 3. The Morgan fingerprint density at radius 2 is 2.05 bits per heavy atom. The van der Waals surface area contributed by atoms with Gasteiger partial charge in [-0.25, -0.2) is 0 Å². The van der Waals surface area contributed by atoms with Crippen molar-refractivity contribution in [1.82, 2.24) is 5.32 Å². The predicted octanol–water partition coefficient (Wildman–Crippen LogP) is 4.77. The molecule has 1 aliphatic carbocycles. The summed E-state index contributed by atoms with van der Waals surface area (Å²) in [6.07, 6.45) is 6.12. The molecule has 0 spiro atoms. The molecule has 0 fully saturated rings. The molecule has 2 nitrogen and oxygen atoms in total. The number of rotatable bonds is 3. The van der Waals surface area contributed by atoms with E-state index in [1.807, 2.05) is 12.1 Å². The second-order valence-electron chi connectivity index (χ2n) is 5.01. The molecule has 20 heavy (non-hydrogen) atoms. The van der Waals surface area contributed by atoms with E-state index >= 15 is 0 Å². The SMILES string of the molecule is O=C(NCc1ccc(Br)s1)c1cc2c(s1)CCCCC2. The molecule has 0 atom stereocenters. The smallest absolute Gasteiger partial charge is 0.261 e. The molecule has 1 amide bonds. The topological polar surface area (TPSA) is 29.1 Å². The van der Waals surface area contributed by atoms with Gasteiger partial charge in [0, 0.05) is 9.75 Å². The van der Waals surface area contributed by atoms with E-state index in [1.54, 1.807) is 22.7 Å². The Morgan fingerprint density at radius 3 is 2.85 bits per heavy atom. The van der Waals surface area contributed by atoms with Gasteiger partial charge in [0.2, 0.25) is 0 Å². The second-order valence-corrected chi connectivity index (χ2v) is 8.69. The fourth-order valence-corrected chi connectivity index (χ4v) is 5.07. The third-order valence-corrected chi connectivity index (χ3v) is 6.38. The Morgan fingerprint density at radius 1 is 1.20 bits per heavy atom. The highest BCUT2D eigenvalue weighted by Gasteiger charge is 2.16. The molecule has 0 bridgehead atoms. The second kappa shape index (κ2) is 6.41. The maximum absolute atomic E-state index is 12.2. The minimum atomic E-state index is 0.0626. The van der Waals surface area contributed by atoms with Gasteiger partial charge < -0.3 is 5.32 Å². The van der Waals surface area contributed by atoms with E-state index in [1.165, 1.54) is 34.6 Å². The molecule has 1 N–H and O–H groups in total. The molecule has 1 aliphatic rings. The van der Waals surface area contributed by atoms with E-state index in [2.05, 4.69) is 27.3 Å². The van der Waals surface area contributed by atoms with Crippen molar-refractivity contribution < 1.29 is 4.79 Å². The largest absolute Gasteiger partial charge is 0.346 e. The number of fused-ring (bicyclic) bond motifs is 1. The quantitative estimate of drug-likeness (QED) is 0.775. The van der Waals surface area contributed by atoms with Crippen LogP contribution in [0.4, 0.5) is 0 Å². The number of amides is 1. The Bertz CT molecular complexity index is 594. The molecular formula is C15H16BrNOS2. The summed E-state index contributed by atoms with van der Waals surface area (Å²) in [5, 5.41) is 3.01. The molecule has 5 heteroatoms. The van der Waals surface area contributed by atoms with Gasteiger partial charge in [-0.2, -0.15) is 0 Å². The Balaban J connectivity index is 1.65. The highest BCUT2D eigenvalue weighted by atomic mass is 79.9. The summed E-state index contributed by atoms with van der Waals surface area (Å²) < 4.78 is 1.10. The monoisotopic (exact) mass is 369 g/mol. The van der Waals surface area contributed by atoms with E-state index in [0.717, 1.165) is 21.5 Å². The molecular weight excluding hydrogens is 354 g/mol. The lowest BCUT2D eigenvalue weighted by Crippen LogP contribution is -2.21. The van der Waals surface area contributed by atoms with Gasteiger partial charge in [-0.3, -0.25) is 4.79 Å². The Labute approximate surface area is 135 Å². The molecule has 3 rings (SSSR count). The first-order valence-electron chi connectivity index (χ1n) is 6.86. The van der Waals surface area contributed by atoms with Crippen molar-refractivity contribution in [2.45, 2.75) is 38.6 Å². The van der Waals surface area contributed by atoms with Gasteiger partial charge >= 0.3 is 0 Å². The van der Waals surface area contributed by atoms with Crippen LogP contribution < -0.4 is 5.32 Å². The van der Waals surface area contributed by atoms with Gasteiger partial charge in [0.1, 0.15) is 0 Å². The van der Waals surface area contributed by atoms with Crippen LogP contribution in [0.3, 0.4) is 0 Å². The van der Waals surface area contributed by atoms with Crippen molar-refractivity contribution in [3.8, 4) is 0 Å². The van der Waals surface area contributed by atoms with Crippen LogP contribution in [0.2, 0.25) is 0 Å². The summed E-state index contributed by atoms with van der Waals surface area (Å²) in [5.74, 6) is 0.0626. The molecule has 0 aromatic carbocycles. The first-order valence-corrected chi connectivity index (χ1v) is 9.29. The van der Waals surface area contributed by atoms with Crippen molar-refractivity contribution in [3.05, 3.63) is 42.2 Å². The average molecular weight is 370 g/mol. The Hall–Kier alpha value is -0.650. The van der Waals surface area contributed by atoms with E-state index in [-0.39, 0.29) is 5.91 Å². The van der Waals surface area contributed by atoms with Gasteiger partial charge in [-0.1, -0.05) is 6.42 Å². The zero-order valence-corrected chi connectivity index (χ0v) is 14.3. The number of hydrogen-bond donors (Lipinski definition) is 1. The van der Waals surface area contributed by atoms with Crippen LogP contribution in [0.25, 0.3) is 0 Å². The maximum atomic E-state index is 12.2. The molecule has 0 aliphatic heterocycles. The normalized spacial score (nSPS) is 14.7. The number of thiophene rings is 2. The summed E-state index contributed by atoms with van der Waals surface area (Å²) in [6, 6.07) is 6.16. The lowest BCUT2D eigenvalue weighted by atomic mass is 10.1. The third-order valence-electron chi connectivity index (χ3n) is 3.52. The first-order chi connectivity index (χ1) is 9.72. The van der Waals surface area contributed by atoms with Crippen LogP contribution in [0, 0.1) is 0 Å². The van der Waals surface area contributed by atoms with Crippen LogP contribution in [0.15, 0.2) is 22.0 Å². The summed E-state index contributed by atoms with van der Waals surface area (Å²) in [7, 11) is 0. The van der Waals surface area contributed by atoms with Gasteiger partial charge in [-0.05, 0) is 65.4 Å². The van der Waals surface area contributed by atoms with Crippen molar-refractivity contribution in [2.75, 3.05) is 0 Å². The van der Waals surface area contributed by atoms with Gasteiger partial charge in [-0.15, -0.1) is 22.7 Å². The van der Waals surface area contributed by atoms with Crippen LogP contribution >= 0.6 is 38.6 Å². The lowest BCUT2D eigenvalue weighted by molar-refractivity contribution is 0.0955. The molecule has 0 saturated heterocycles. The van der Waals surface area contributed by atoms with E-state index in [4.69, 9.17) is 0 Å². The van der Waals surface area contributed by atoms with Crippen molar-refractivity contribution >= 4 is 44.5 Å². The minimum absolute atomic E-state index is 0.0626. The summed E-state index contributed by atoms with van der Waals surface area (Å²) in [5.41, 5.74) is 1.40. The van der Waals surface area contributed by atoms with Crippen LogP contribution in [-0.4, -0.2) is 5.91 Å². The molecule has 0 unspecified atom stereocenters. The first kappa shape index (κ1) is 14.3. The van der Waals surface area contributed by atoms with Gasteiger partial charge in [0.05, 0.1) is 15.2 Å². The van der Waals surface area contributed by atoms with Crippen LogP contribution in [0.5, 0.6) is 0 Å². The van der Waals surface area contributed by atoms with Crippen molar-refractivity contribution in [2.24, 2.45) is 0 Å². The summed E-state index contributed by atoms with van der Waals surface area (Å²) in [6.45, 7) is 0.609. The van der Waals surface area contributed by atoms with E-state index in [0.29, 0.717) is 6.54 Å². The third kappa shape index (κ3) is 3.32. The van der Waals surface area contributed by atoms with E-state index in [9.17, 15) is 4.79 Å². The highest BCUT2D eigenvalue weighted by molar-refractivity contribution is 9.11. The number of carbonyl (C=O) groups excluding carboxylic acids is 1. The molecule has 0 saturated carbocycles. The van der Waals surface area contributed by atoms with Gasteiger partial charge in [0.15, 0.2) is 0 Å². The average Bonchev–Trinajstić information content (AvgIpc) is 2.97. The van der Waals surface area contributed by atoms with Crippen LogP contribution in [0.1, 0.15) is 44.3 Å². The predicted molar refractivity (Wildman–Crippen MR) is 88.8 cm³/mol. The van der Waals surface area contributed by atoms with E-state index < -0.39 is 0 Å². The number of nitrogens with one attached hydrogen (secondary N) is 1. The fourth-order valence-electron chi connectivity index (χ4n) is 2.48.